The van der Waals surface area contributed by atoms with Crippen molar-refractivity contribution in [1.29, 1.82) is 0 Å². The molecule has 1 atom stereocenters. The number of hydrogen-bond acceptors (Lipinski definition) is 4. The van der Waals surface area contributed by atoms with E-state index in [1.165, 1.54) is 6.92 Å². The highest BCUT2D eigenvalue weighted by Crippen LogP contribution is 2.34. The Morgan fingerprint density at radius 1 is 1.50 bits per heavy atom. The van der Waals surface area contributed by atoms with Crippen molar-refractivity contribution in [2.45, 2.75) is 38.2 Å². The summed E-state index contributed by atoms with van der Waals surface area (Å²) < 4.78 is 25.2. The topological polar surface area (TPSA) is 66.4 Å². The van der Waals surface area contributed by atoms with Gasteiger partial charge in [-0.2, -0.15) is 0 Å². The lowest BCUT2D eigenvalue weighted by Gasteiger charge is -2.26. The van der Waals surface area contributed by atoms with Gasteiger partial charge in [0.2, 0.25) is 0 Å². The van der Waals surface area contributed by atoms with E-state index in [2.05, 4.69) is 4.18 Å². The molecule has 0 spiro atoms. The van der Waals surface area contributed by atoms with Crippen LogP contribution in [0.5, 0.6) is 0 Å². The minimum atomic E-state index is -2.59. The van der Waals surface area contributed by atoms with Gasteiger partial charge in [-0.3, -0.25) is 8.98 Å². The molecule has 4 nitrogen and oxygen atoms in total. The number of hydrogen-bond donors (Lipinski definition) is 0. The molecule has 0 saturated heterocycles. The summed E-state index contributed by atoms with van der Waals surface area (Å²) in [5, 5.41) is 0. The SMILES string of the molecule is CC(=O)C1(OS(=O)[O-])CCCC1. The Morgan fingerprint density at radius 2 is 2.00 bits per heavy atom. The fourth-order valence-corrected chi connectivity index (χ4v) is 2.11. The lowest BCUT2D eigenvalue weighted by molar-refractivity contribution is -0.131. The van der Waals surface area contributed by atoms with Crippen LogP contribution in [-0.4, -0.2) is 20.1 Å². The first kappa shape index (κ1) is 9.83. The molecule has 1 aliphatic rings. The molecule has 0 aromatic heterocycles. The Balaban J connectivity index is 2.72. The van der Waals surface area contributed by atoms with Crippen LogP contribution in [-0.2, 0) is 20.3 Å². The molecule has 0 radical (unpaired) electrons. The van der Waals surface area contributed by atoms with E-state index in [1.54, 1.807) is 0 Å². The third-order valence-electron chi connectivity index (χ3n) is 2.28. The van der Waals surface area contributed by atoms with E-state index in [1.807, 2.05) is 0 Å². The van der Waals surface area contributed by atoms with Gasteiger partial charge in [0.05, 0.1) is 11.4 Å². The van der Waals surface area contributed by atoms with E-state index in [-0.39, 0.29) is 5.78 Å². The Kier molecular flexibility index (Phi) is 2.98. The Hall–Kier alpha value is -0.260. The molecule has 0 heterocycles. The fourth-order valence-electron chi connectivity index (χ4n) is 1.57. The number of ketones is 1. The molecule has 0 amide bonds. The van der Waals surface area contributed by atoms with Gasteiger partial charge in [-0.1, -0.05) is 0 Å². The van der Waals surface area contributed by atoms with Crippen LogP contribution in [0.15, 0.2) is 0 Å². The van der Waals surface area contributed by atoms with Gasteiger partial charge in [0.1, 0.15) is 5.60 Å². The van der Waals surface area contributed by atoms with Crippen LogP contribution < -0.4 is 0 Å². The molecule has 0 bridgehead atoms. The minimum Gasteiger partial charge on any atom is -0.750 e. The Bertz CT molecular complexity index is 207. The molecule has 0 aliphatic heterocycles. The molecule has 5 heteroatoms. The van der Waals surface area contributed by atoms with Crippen LogP contribution in [0, 0.1) is 0 Å². The summed E-state index contributed by atoms with van der Waals surface area (Å²) in [6.07, 6.45) is 2.76. The summed E-state index contributed by atoms with van der Waals surface area (Å²) >= 11 is -2.59. The monoisotopic (exact) mass is 191 g/mol. The predicted molar refractivity (Wildman–Crippen MR) is 41.9 cm³/mol. The molecule has 0 aromatic rings. The lowest BCUT2D eigenvalue weighted by atomic mass is 9.98. The standard InChI is InChI=1S/C7H12O4S/c1-6(8)7(11-12(9)10)4-2-3-5-7/h2-5H2,1H3,(H,9,10)/p-1. The maximum absolute atomic E-state index is 11.1. The van der Waals surface area contributed by atoms with Crippen LogP contribution in [0.1, 0.15) is 32.6 Å². The van der Waals surface area contributed by atoms with Crippen LogP contribution in [0.3, 0.4) is 0 Å². The Labute approximate surface area is 73.8 Å². The number of carbonyl (C=O) groups excluding carboxylic acids is 1. The van der Waals surface area contributed by atoms with Crippen LogP contribution in [0.25, 0.3) is 0 Å². The average molecular weight is 191 g/mol. The summed E-state index contributed by atoms with van der Waals surface area (Å²) in [5.74, 6) is -0.191. The number of rotatable bonds is 3. The second kappa shape index (κ2) is 3.64. The van der Waals surface area contributed by atoms with Crippen LogP contribution in [0.2, 0.25) is 0 Å². The molecule has 1 fully saturated rings. The summed E-state index contributed by atoms with van der Waals surface area (Å²) in [7, 11) is 0. The molecule has 1 aliphatic carbocycles. The van der Waals surface area contributed by atoms with Gasteiger partial charge in [-0.05, 0) is 32.6 Å². The number of Topliss-reactive ketones (excluding diaryl/α,β-unsaturated/α-hetero) is 1. The van der Waals surface area contributed by atoms with E-state index < -0.39 is 17.0 Å². The van der Waals surface area contributed by atoms with Crippen molar-refractivity contribution in [2.24, 2.45) is 0 Å². The maximum atomic E-state index is 11.1. The molecule has 1 saturated carbocycles. The molecule has 0 N–H and O–H groups in total. The molecule has 0 aromatic carbocycles. The molecular weight excluding hydrogens is 180 g/mol. The highest BCUT2D eigenvalue weighted by atomic mass is 32.2. The van der Waals surface area contributed by atoms with Gasteiger partial charge in [-0.15, -0.1) is 0 Å². The Morgan fingerprint density at radius 3 is 2.33 bits per heavy atom. The molecule has 70 valence electrons. The predicted octanol–water partition coefficient (Wildman–Crippen LogP) is 0.699. The molecular formula is C7H11O4S-. The highest BCUT2D eigenvalue weighted by molar-refractivity contribution is 7.74. The average Bonchev–Trinajstić information content (AvgIpc) is 2.35. The van der Waals surface area contributed by atoms with Gasteiger partial charge >= 0.3 is 0 Å². The summed E-state index contributed by atoms with van der Waals surface area (Å²) in [6.45, 7) is 1.37. The zero-order chi connectivity index (χ0) is 9.19. The van der Waals surface area contributed by atoms with E-state index >= 15 is 0 Å². The molecule has 1 unspecified atom stereocenters. The summed E-state index contributed by atoms with van der Waals surface area (Å²) in [6, 6.07) is 0. The molecule has 12 heavy (non-hydrogen) atoms. The zero-order valence-electron chi connectivity index (χ0n) is 6.87. The normalized spacial score (nSPS) is 23.8. The lowest BCUT2D eigenvalue weighted by Crippen LogP contribution is -2.37. The van der Waals surface area contributed by atoms with Gasteiger partial charge in [-0.25, -0.2) is 4.21 Å². The van der Waals surface area contributed by atoms with Gasteiger partial charge in [0, 0.05) is 0 Å². The first-order valence-corrected chi connectivity index (χ1v) is 4.87. The van der Waals surface area contributed by atoms with Crippen molar-refractivity contribution in [3.05, 3.63) is 0 Å². The highest BCUT2D eigenvalue weighted by Gasteiger charge is 2.40. The van der Waals surface area contributed by atoms with Crippen molar-refractivity contribution in [3.8, 4) is 0 Å². The van der Waals surface area contributed by atoms with Crippen molar-refractivity contribution >= 4 is 17.1 Å². The van der Waals surface area contributed by atoms with Crippen LogP contribution in [0.4, 0.5) is 0 Å². The molecule has 1 rings (SSSR count). The van der Waals surface area contributed by atoms with Crippen molar-refractivity contribution in [1.82, 2.24) is 0 Å². The fraction of sp³-hybridized carbons (Fsp3) is 0.857. The second-order valence-corrected chi connectivity index (χ2v) is 3.62. The summed E-state index contributed by atoms with van der Waals surface area (Å²) in [5.41, 5.74) is -1.04. The first-order chi connectivity index (χ1) is 5.57. The first-order valence-electron chi connectivity index (χ1n) is 3.87. The van der Waals surface area contributed by atoms with E-state index in [9.17, 15) is 13.6 Å². The minimum absolute atomic E-state index is 0.191. The third kappa shape index (κ3) is 1.91. The quantitative estimate of drug-likeness (QED) is 0.616. The van der Waals surface area contributed by atoms with Gasteiger partial charge in [0.15, 0.2) is 5.78 Å². The van der Waals surface area contributed by atoms with Crippen molar-refractivity contribution in [2.75, 3.05) is 0 Å². The van der Waals surface area contributed by atoms with Crippen molar-refractivity contribution in [3.63, 3.8) is 0 Å². The smallest absolute Gasteiger partial charge is 0.162 e. The maximum Gasteiger partial charge on any atom is 0.162 e. The number of carbonyl (C=O) groups is 1. The summed E-state index contributed by atoms with van der Waals surface area (Å²) in [4.78, 5) is 11.1. The van der Waals surface area contributed by atoms with E-state index in [0.717, 1.165) is 12.8 Å². The van der Waals surface area contributed by atoms with Crippen molar-refractivity contribution < 1.29 is 17.7 Å². The largest absolute Gasteiger partial charge is 0.750 e. The van der Waals surface area contributed by atoms with E-state index in [0.29, 0.717) is 12.8 Å². The van der Waals surface area contributed by atoms with Gasteiger partial charge < -0.3 is 4.55 Å². The zero-order valence-corrected chi connectivity index (χ0v) is 7.69. The van der Waals surface area contributed by atoms with E-state index in [4.69, 9.17) is 0 Å². The second-order valence-electron chi connectivity index (χ2n) is 3.05. The van der Waals surface area contributed by atoms with Crippen LogP contribution >= 0.6 is 0 Å². The third-order valence-corrected chi connectivity index (χ3v) is 2.74. The van der Waals surface area contributed by atoms with Gasteiger partial charge in [0.25, 0.3) is 0 Å².